The zero-order valence-corrected chi connectivity index (χ0v) is 12.4. The lowest BCUT2D eigenvalue weighted by atomic mass is 10.1. The van der Waals surface area contributed by atoms with E-state index in [9.17, 15) is 4.79 Å². The molecule has 108 valence electrons. The number of aryl methyl sites for hydroxylation is 3. The summed E-state index contributed by atoms with van der Waals surface area (Å²) in [4.78, 5) is 12.0. The molecule has 21 heavy (non-hydrogen) atoms. The van der Waals surface area contributed by atoms with Gasteiger partial charge in [0.25, 0.3) is 5.56 Å². The highest BCUT2D eigenvalue weighted by Crippen LogP contribution is 2.21. The first-order valence-corrected chi connectivity index (χ1v) is 6.88. The number of nitrogens with zero attached hydrogens (tertiary/aromatic N) is 3. The summed E-state index contributed by atoms with van der Waals surface area (Å²) < 4.78 is 3.46. The van der Waals surface area contributed by atoms with Crippen molar-refractivity contribution in [3.05, 3.63) is 58.1 Å². The maximum atomic E-state index is 12.0. The quantitative estimate of drug-likeness (QED) is 0.801. The fourth-order valence-corrected chi connectivity index (χ4v) is 2.57. The maximum Gasteiger partial charge on any atom is 0.252 e. The molecule has 5 heteroatoms. The third kappa shape index (κ3) is 2.42. The maximum absolute atomic E-state index is 12.0. The van der Waals surface area contributed by atoms with Gasteiger partial charge in [-0.05, 0) is 13.0 Å². The molecule has 0 aliphatic rings. The molecule has 0 aliphatic heterocycles. The number of hydrogen-bond donors (Lipinski definition) is 1. The fourth-order valence-electron chi connectivity index (χ4n) is 2.57. The minimum absolute atomic E-state index is 0.0147. The van der Waals surface area contributed by atoms with Crippen molar-refractivity contribution in [1.29, 1.82) is 0 Å². The van der Waals surface area contributed by atoms with Crippen molar-refractivity contribution >= 4 is 16.6 Å². The van der Waals surface area contributed by atoms with Crippen LogP contribution in [0.3, 0.4) is 0 Å². The molecular formula is C16H18N4O. The number of nitrogens with one attached hydrogen (secondary N) is 1. The summed E-state index contributed by atoms with van der Waals surface area (Å²) in [5.74, 6) is 0. The number of aromatic nitrogens is 3. The molecule has 3 aromatic rings. The molecule has 0 saturated carbocycles. The van der Waals surface area contributed by atoms with Crippen molar-refractivity contribution < 1.29 is 0 Å². The lowest BCUT2D eigenvalue weighted by molar-refractivity contribution is 0.756. The summed E-state index contributed by atoms with van der Waals surface area (Å²) >= 11 is 0. The molecule has 3 rings (SSSR count). The smallest absolute Gasteiger partial charge is 0.252 e. The predicted molar refractivity (Wildman–Crippen MR) is 84.5 cm³/mol. The third-order valence-corrected chi connectivity index (χ3v) is 3.74. The molecule has 1 N–H and O–H groups in total. The largest absolute Gasteiger partial charge is 0.380 e. The minimum Gasteiger partial charge on any atom is -0.380 e. The van der Waals surface area contributed by atoms with Gasteiger partial charge in [0.1, 0.15) is 0 Å². The standard InChI is InChI=1S/C16H18N4O/c1-11-12(10-19(2)18-11)9-17-14-8-16(21)20(3)15-7-5-4-6-13(14)15/h4-8,10,17H,9H2,1-3H3. The van der Waals surface area contributed by atoms with Crippen LogP contribution < -0.4 is 10.9 Å². The number of fused-ring (bicyclic) bond motifs is 1. The molecule has 2 heterocycles. The Hall–Kier alpha value is -2.56. The number of rotatable bonds is 3. The molecule has 0 amide bonds. The van der Waals surface area contributed by atoms with Gasteiger partial charge < -0.3 is 9.88 Å². The van der Waals surface area contributed by atoms with E-state index in [1.54, 1.807) is 22.4 Å². The summed E-state index contributed by atoms with van der Waals surface area (Å²) in [6.07, 6.45) is 1.99. The number of anilines is 1. The van der Waals surface area contributed by atoms with Gasteiger partial charge in [-0.15, -0.1) is 0 Å². The van der Waals surface area contributed by atoms with Crippen LogP contribution in [0, 0.1) is 6.92 Å². The second-order valence-electron chi connectivity index (χ2n) is 5.24. The second-order valence-corrected chi connectivity index (χ2v) is 5.24. The van der Waals surface area contributed by atoms with Crippen molar-refractivity contribution in [3.8, 4) is 0 Å². The Morgan fingerprint density at radius 3 is 2.71 bits per heavy atom. The fraction of sp³-hybridized carbons (Fsp3) is 0.250. The van der Waals surface area contributed by atoms with E-state index in [2.05, 4.69) is 10.4 Å². The molecule has 0 spiro atoms. The van der Waals surface area contributed by atoms with Gasteiger partial charge in [0.15, 0.2) is 0 Å². The second kappa shape index (κ2) is 5.09. The van der Waals surface area contributed by atoms with Crippen molar-refractivity contribution in [2.45, 2.75) is 13.5 Å². The average Bonchev–Trinajstić information content (AvgIpc) is 2.79. The van der Waals surface area contributed by atoms with Crippen LogP contribution in [0.5, 0.6) is 0 Å². The van der Waals surface area contributed by atoms with Gasteiger partial charge in [-0.25, -0.2) is 0 Å². The molecule has 2 aromatic heterocycles. The van der Waals surface area contributed by atoms with Gasteiger partial charge in [0.2, 0.25) is 0 Å². The Morgan fingerprint density at radius 2 is 2.00 bits per heavy atom. The number of hydrogen-bond acceptors (Lipinski definition) is 3. The van der Waals surface area contributed by atoms with Crippen LogP contribution >= 0.6 is 0 Å². The van der Waals surface area contributed by atoms with E-state index in [-0.39, 0.29) is 5.56 Å². The van der Waals surface area contributed by atoms with Crippen LogP contribution in [-0.2, 0) is 20.6 Å². The average molecular weight is 282 g/mol. The van der Waals surface area contributed by atoms with E-state index in [1.165, 1.54) is 0 Å². The number of pyridine rings is 1. The normalized spacial score (nSPS) is 11.0. The van der Waals surface area contributed by atoms with Crippen LogP contribution in [-0.4, -0.2) is 14.3 Å². The molecule has 0 atom stereocenters. The van der Waals surface area contributed by atoms with Gasteiger partial charge in [-0.1, -0.05) is 18.2 Å². The summed E-state index contributed by atoms with van der Waals surface area (Å²) in [6, 6.07) is 9.54. The van der Waals surface area contributed by atoms with Crippen LogP contribution in [0.25, 0.3) is 10.9 Å². The first-order valence-electron chi connectivity index (χ1n) is 6.88. The molecule has 0 radical (unpaired) electrons. The topological polar surface area (TPSA) is 51.9 Å². The first kappa shape index (κ1) is 13.4. The van der Waals surface area contributed by atoms with Gasteiger partial charge >= 0.3 is 0 Å². The van der Waals surface area contributed by atoms with E-state index < -0.39 is 0 Å². The van der Waals surface area contributed by atoms with Crippen LogP contribution in [0.1, 0.15) is 11.3 Å². The highest BCUT2D eigenvalue weighted by molar-refractivity contribution is 5.91. The number of para-hydroxylation sites is 1. The molecule has 0 unspecified atom stereocenters. The molecule has 0 aliphatic carbocycles. The van der Waals surface area contributed by atoms with Gasteiger partial charge in [0, 0.05) is 49.5 Å². The van der Waals surface area contributed by atoms with Gasteiger partial charge in [-0.3, -0.25) is 9.48 Å². The van der Waals surface area contributed by atoms with E-state index in [0.29, 0.717) is 6.54 Å². The Kier molecular flexibility index (Phi) is 3.25. The zero-order chi connectivity index (χ0) is 15.0. The Morgan fingerprint density at radius 1 is 1.24 bits per heavy atom. The summed E-state index contributed by atoms with van der Waals surface area (Å²) in [7, 11) is 3.70. The van der Waals surface area contributed by atoms with Crippen molar-refractivity contribution in [3.63, 3.8) is 0 Å². The SMILES string of the molecule is Cc1nn(C)cc1CNc1cc(=O)n(C)c2ccccc12. The Labute approximate surface area is 122 Å². The monoisotopic (exact) mass is 282 g/mol. The summed E-state index contributed by atoms with van der Waals surface area (Å²) in [5, 5.41) is 8.73. The molecule has 0 bridgehead atoms. The van der Waals surface area contributed by atoms with Crippen molar-refractivity contribution in [2.24, 2.45) is 14.1 Å². The van der Waals surface area contributed by atoms with Crippen molar-refractivity contribution in [1.82, 2.24) is 14.3 Å². The molecule has 0 fully saturated rings. The molecule has 1 aromatic carbocycles. The van der Waals surface area contributed by atoms with E-state index >= 15 is 0 Å². The van der Waals surface area contributed by atoms with Crippen LogP contribution in [0.15, 0.2) is 41.3 Å². The lowest BCUT2D eigenvalue weighted by Gasteiger charge is -2.11. The van der Waals surface area contributed by atoms with E-state index in [4.69, 9.17) is 0 Å². The predicted octanol–water partition coefficient (Wildman–Crippen LogP) is 2.19. The van der Waals surface area contributed by atoms with Crippen molar-refractivity contribution in [2.75, 3.05) is 5.32 Å². The zero-order valence-electron chi connectivity index (χ0n) is 12.4. The third-order valence-electron chi connectivity index (χ3n) is 3.74. The van der Waals surface area contributed by atoms with Crippen LogP contribution in [0.4, 0.5) is 5.69 Å². The number of benzene rings is 1. The highest BCUT2D eigenvalue weighted by Gasteiger charge is 2.07. The molecule has 5 nitrogen and oxygen atoms in total. The Bertz CT molecular complexity index is 860. The molecule has 0 saturated heterocycles. The van der Waals surface area contributed by atoms with E-state index in [1.807, 2.05) is 44.4 Å². The summed E-state index contributed by atoms with van der Waals surface area (Å²) in [6.45, 7) is 2.63. The lowest BCUT2D eigenvalue weighted by Crippen LogP contribution is -2.17. The first-order chi connectivity index (χ1) is 10.1. The van der Waals surface area contributed by atoms with E-state index in [0.717, 1.165) is 27.8 Å². The Balaban J connectivity index is 1.99. The van der Waals surface area contributed by atoms with Crippen LogP contribution in [0.2, 0.25) is 0 Å². The highest BCUT2D eigenvalue weighted by atomic mass is 16.1. The van der Waals surface area contributed by atoms with Gasteiger partial charge in [0.05, 0.1) is 11.2 Å². The molecular weight excluding hydrogens is 264 g/mol. The van der Waals surface area contributed by atoms with Gasteiger partial charge in [-0.2, -0.15) is 5.10 Å². The summed E-state index contributed by atoms with van der Waals surface area (Å²) in [5.41, 5.74) is 3.90. The minimum atomic E-state index is -0.0147.